The van der Waals surface area contributed by atoms with E-state index in [9.17, 15) is 24.0 Å². The largest absolute Gasteiger partial charge is 0.466 e. The van der Waals surface area contributed by atoms with Crippen LogP contribution in [0.1, 0.15) is 23.2 Å². The van der Waals surface area contributed by atoms with E-state index < -0.39 is 41.7 Å². The summed E-state index contributed by atoms with van der Waals surface area (Å²) in [7, 11) is 2.30. The number of ether oxygens (including phenoxy) is 2. The van der Waals surface area contributed by atoms with Crippen molar-refractivity contribution >= 4 is 29.8 Å². The van der Waals surface area contributed by atoms with Gasteiger partial charge in [0.1, 0.15) is 0 Å². The molecule has 0 radical (unpaired) electrons. The summed E-state index contributed by atoms with van der Waals surface area (Å²) in [6, 6.07) is 6.44. The van der Waals surface area contributed by atoms with Crippen LogP contribution in [0.15, 0.2) is 53.1 Å². The van der Waals surface area contributed by atoms with Crippen molar-refractivity contribution < 1.29 is 33.4 Å². The number of carbonyl (C=O) groups excluding carboxylic acids is 5. The molecular formula is C22H20N2O7. The van der Waals surface area contributed by atoms with Gasteiger partial charge < -0.3 is 14.4 Å². The lowest BCUT2D eigenvalue weighted by atomic mass is 9.73. The Kier molecular flexibility index (Phi) is 5.18. The highest BCUT2D eigenvalue weighted by Crippen LogP contribution is 2.43. The van der Waals surface area contributed by atoms with Gasteiger partial charge in [0.05, 0.1) is 37.3 Å². The second kappa shape index (κ2) is 7.82. The predicted octanol–water partition coefficient (Wildman–Crippen LogP) is 1.45. The van der Waals surface area contributed by atoms with Crippen molar-refractivity contribution in [3.05, 3.63) is 58.7 Å². The molecule has 31 heavy (non-hydrogen) atoms. The molecule has 4 rings (SSSR count). The molecule has 0 saturated carbocycles. The summed E-state index contributed by atoms with van der Waals surface area (Å²) in [5.74, 6) is -4.59. The molecule has 2 fully saturated rings. The van der Waals surface area contributed by atoms with Crippen LogP contribution in [0.2, 0.25) is 0 Å². The Bertz CT molecular complexity index is 1060. The van der Waals surface area contributed by atoms with E-state index in [1.165, 1.54) is 30.2 Å². The van der Waals surface area contributed by atoms with Crippen molar-refractivity contribution in [1.82, 2.24) is 9.80 Å². The highest BCUT2D eigenvalue weighted by Gasteiger charge is 2.56. The maximum Gasteiger partial charge on any atom is 0.338 e. The first-order valence-corrected chi connectivity index (χ1v) is 9.76. The molecule has 0 aromatic heterocycles. The van der Waals surface area contributed by atoms with Gasteiger partial charge in [0.25, 0.3) is 5.91 Å². The van der Waals surface area contributed by atoms with Crippen molar-refractivity contribution in [3.63, 3.8) is 0 Å². The van der Waals surface area contributed by atoms with Gasteiger partial charge in [0.15, 0.2) is 0 Å². The zero-order valence-corrected chi connectivity index (χ0v) is 17.0. The van der Waals surface area contributed by atoms with Gasteiger partial charge in [-0.25, -0.2) is 14.4 Å². The van der Waals surface area contributed by atoms with Crippen molar-refractivity contribution in [1.29, 1.82) is 0 Å². The first-order valence-electron chi connectivity index (χ1n) is 9.76. The van der Waals surface area contributed by atoms with Crippen molar-refractivity contribution in [2.45, 2.75) is 18.9 Å². The molecule has 0 spiro atoms. The Morgan fingerprint density at radius 2 is 1.68 bits per heavy atom. The van der Waals surface area contributed by atoms with Gasteiger partial charge in [0, 0.05) is 12.1 Å². The summed E-state index contributed by atoms with van der Waals surface area (Å²) in [5.41, 5.74) is 0.515. The summed E-state index contributed by atoms with van der Waals surface area (Å²) < 4.78 is 9.66. The van der Waals surface area contributed by atoms with Gasteiger partial charge in [-0.05, 0) is 36.6 Å². The summed E-state index contributed by atoms with van der Waals surface area (Å²) in [6.07, 6.45) is 2.63. The Morgan fingerprint density at radius 1 is 1.00 bits per heavy atom. The minimum Gasteiger partial charge on any atom is -0.466 e. The third-order valence-corrected chi connectivity index (χ3v) is 5.78. The lowest BCUT2D eigenvalue weighted by molar-refractivity contribution is -0.143. The smallest absolute Gasteiger partial charge is 0.338 e. The lowest BCUT2D eigenvalue weighted by Crippen LogP contribution is -2.66. The number of hydrogen-bond acceptors (Lipinski definition) is 7. The number of rotatable bonds is 3. The fraction of sp³-hybridized carbons (Fsp3) is 0.318. The molecule has 4 amide bonds. The molecule has 2 aliphatic heterocycles. The molecule has 2 atom stereocenters. The van der Waals surface area contributed by atoms with Crippen molar-refractivity contribution in [2.75, 3.05) is 20.8 Å². The summed E-state index contributed by atoms with van der Waals surface area (Å²) >= 11 is 0. The van der Waals surface area contributed by atoms with Crippen LogP contribution in [0.5, 0.6) is 0 Å². The van der Waals surface area contributed by atoms with E-state index in [-0.39, 0.29) is 16.7 Å². The summed E-state index contributed by atoms with van der Waals surface area (Å²) in [6.45, 7) is 0.311. The lowest BCUT2D eigenvalue weighted by Gasteiger charge is -2.49. The minimum atomic E-state index is -1.24. The third kappa shape index (κ3) is 3.13. The number of piperidine rings is 1. The van der Waals surface area contributed by atoms with E-state index >= 15 is 0 Å². The molecule has 9 nitrogen and oxygen atoms in total. The van der Waals surface area contributed by atoms with Gasteiger partial charge in [-0.3, -0.25) is 9.59 Å². The average molecular weight is 424 g/mol. The van der Waals surface area contributed by atoms with Gasteiger partial charge in [-0.2, -0.15) is 4.90 Å². The molecule has 0 N–H and O–H groups in total. The number of urea groups is 1. The topological polar surface area (TPSA) is 110 Å². The zero-order valence-electron chi connectivity index (χ0n) is 17.0. The number of benzene rings is 1. The number of carbonyl (C=O) groups is 5. The minimum absolute atomic E-state index is 0.0951. The predicted molar refractivity (Wildman–Crippen MR) is 105 cm³/mol. The molecule has 0 unspecified atom stereocenters. The van der Waals surface area contributed by atoms with E-state index in [1.54, 1.807) is 18.2 Å². The second-order valence-corrected chi connectivity index (χ2v) is 7.38. The summed E-state index contributed by atoms with van der Waals surface area (Å²) in [5, 5.41) is 0. The number of nitrogens with zero attached hydrogens (tertiary/aromatic N) is 2. The van der Waals surface area contributed by atoms with Gasteiger partial charge in [-0.1, -0.05) is 18.2 Å². The number of esters is 2. The number of amides is 4. The molecular weight excluding hydrogens is 404 g/mol. The fourth-order valence-corrected chi connectivity index (χ4v) is 4.44. The fourth-order valence-electron chi connectivity index (χ4n) is 4.44. The highest BCUT2D eigenvalue weighted by molar-refractivity contribution is 6.20. The highest BCUT2D eigenvalue weighted by atomic mass is 16.5. The SMILES string of the molecule is COC(=O)C1=C(C(=O)OC)[C@H]2C(=O)N(C(=O)c3ccccc3)C(=O)N3CCCC(=C1)[C@@H]23. The van der Waals surface area contributed by atoms with E-state index in [0.717, 1.165) is 7.11 Å². The molecule has 9 heteroatoms. The van der Waals surface area contributed by atoms with Crippen LogP contribution in [0.4, 0.5) is 4.79 Å². The second-order valence-electron chi connectivity index (χ2n) is 7.38. The van der Waals surface area contributed by atoms with Crippen LogP contribution in [0.3, 0.4) is 0 Å². The molecule has 1 aromatic carbocycles. The van der Waals surface area contributed by atoms with Crippen LogP contribution in [-0.4, -0.2) is 66.4 Å². The monoisotopic (exact) mass is 424 g/mol. The van der Waals surface area contributed by atoms with E-state index in [2.05, 4.69) is 0 Å². The number of hydrogen-bond donors (Lipinski definition) is 0. The van der Waals surface area contributed by atoms with E-state index in [0.29, 0.717) is 29.9 Å². The van der Waals surface area contributed by atoms with Gasteiger partial charge in [-0.15, -0.1) is 0 Å². The maximum absolute atomic E-state index is 13.5. The molecule has 3 aliphatic rings. The molecule has 1 aliphatic carbocycles. The Labute approximate surface area is 177 Å². The Hall–Kier alpha value is -3.75. The van der Waals surface area contributed by atoms with Crippen LogP contribution < -0.4 is 0 Å². The van der Waals surface area contributed by atoms with Crippen LogP contribution in [0, 0.1) is 5.92 Å². The molecule has 2 saturated heterocycles. The first kappa shape index (κ1) is 20.5. The van der Waals surface area contributed by atoms with E-state index in [1.807, 2.05) is 0 Å². The first-order chi connectivity index (χ1) is 14.9. The van der Waals surface area contributed by atoms with E-state index in [4.69, 9.17) is 9.47 Å². The third-order valence-electron chi connectivity index (χ3n) is 5.78. The van der Waals surface area contributed by atoms with Crippen LogP contribution in [0.25, 0.3) is 0 Å². The zero-order chi connectivity index (χ0) is 22.3. The molecule has 1 aromatic rings. The molecule has 0 bridgehead atoms. The van der Waals surface area contributed by atoms with Crippen LogP contribution >= 0.6 is 0 Å². The Balaban J connectivity index is 1.88. The van der Waals surface area contributed by atoms with Crippen molar-refractivity contribution in [3.8, 4) is 0 Å². The quantitative estimate of drug-likeness (QED) is 0.533. The van der Waals surface area contributed by atoms with Crippen molar-refractivity contribution in [2.24, 2.45) is 5.92 Å². The standard InChI is InChI=1S/C22H20N2O7/c1-30-20(27)14-11-13-9-6-10-23-17(13)16(15(14)21(28)31-2)19(26)24(22(23)29)18(25)12-7-4-3-5-8-12/h3-5,7-8,11,16-17H,6,9-10H2,1-2H3/t16-,17+/m1/s1. The Morgan fingerprint density at radius 3 is 2.32 bits per heavy atom. The van der Waals surface area contributed by atoms with Crippen LogP contribution in [-0.2, 0) is 23.9 Å². The molecule has 160 valence electrons. The number of imide groups is 3. The maximum atomic E-state index is 13.5. The number of methoxy groups -OCH3 is 2. The molecule has 2 heterocycles. The average Bonchev–Trinajstić information content (AvgIpc) is 2.81. The van der Waals surface area contributed by atoms with Gasteiger partial charge in [0.2, 0.25) is 5.91 Å². The summed E-state index contributed by atoms with van der Waals surface area (Å²) in [4.78, 5) is 66.9. The van der Waals surface area contributed by atoms with Gasteiger partial charge >= 0.3 is 18.0 Å². The normalized spacial score (nSPS) is 22.6.